The summed E-state index contributed by atoms with van der Waals surface area (Å²) < 4.78 is 4.99. The van der Waals surface area contributed by atoms with Crippen molar-refractivity contribution < 1.29 is 14.3 Å². The van der Waals surface area contributed by atoms with Gasteiger partial charge < -0.3 is 10.1 Å². The summed E-state index contributed by atoms with van der Waals surface area (Å²) in [7, 11) is 0. The van der Waals surface area contributed by atoms with Gasteiger partial charge >= 0.3 is 0 Å². The van der Waals surface area contributed by atoms with Gasteiger partial charge in [-0.3, -0.25) is 9.59 Å². The Morgan fingerprint density at radius 3 is 2.81 bits per heavy atom. The highest BCUT2D eigenvalue weighted by Gasteiger charge is 2.41. The van der Waals surface area contributed by atoms with Crippen LogP contribution in [0.1, 0.15) is 12.5 Å². The van der Waals surface area contributed by atoms with Crippen molar-refractivity contribution in [3.63, 3.8) is 0 Å². The second-order valence-electron chi connectivity index (χ2n) is 4.71. The number of amides is 1. The van der Waals surface area contributed by atoms with Crippen LogP contribution in [0.5, 0.6) is 0 Å². The van der Waals surface area contributed by atoms with Crippen LogP contribution in [-0.4, -0.2) is 24.2 Å². The van der Waals surface area contributed by atoms with Crippen molar-refractivity contribution in [2.75, 3.05) is 13.2 Å². The summed E-state index contributed by atoms with van der Waals surface area (Å²) in [5.74, 6) is 0.271. The Labute approximate surface area is 128 Å². The lowest BCUT2D eigenvalue weighted by atomic mass is 9.98. The smallest absolute Gasteiger partial charge is 0.258 e. The first-order valence-electron chi connectivity index (χ1n) is 6.57. The number of thioether (sulfide) groups is 1. The maximum atomic E-state index is 11.8. The highest BCUT2D eigenvalue weighted by Crippen LogP contribution is 2.48. The van der Waals surface area contributed by atoms with Crippen molar-refractivity contribution in [1.29, 1.82) is 0 Å². The summed E-state index contributed by atoms with van der Waals surface area (Å²) in [6, 6.07) is 9.64. The second kappa shape index (κ2) is 6.63. The summed E-state index contributed by atoms with van der Waals surface area (Å²) in [5.41, 5.74) is 0.971. The third-order valence-electron chi connectivity index (χ3n) is 3.15. The average molecular weight is 303 g/mol. The van der Waals surface area contributed by atoms with Crippen molar-refractivity contribution in [2.45, 2.75) is 11.7 Å². The molecule has 0 spiro atoms. The average Bonchev–Trinajstić information content (AvgIpc) is 2.79. The molecule has 0 fully saturated rings. The zero-order valence-corrected chi connectivity index (χ0v) is 12.6. The van der Waals surface area contributed by atoms with Gasteiger partial charge in [-0.25, -0.2) is 0 Å². The molecule has 0 saturated heterocycles. The van der Waals surface area contributed by atoms with E-state index >= 15 is 0 Å². The zero-order valence-electron chi connectivity index (χ0n) is 11.8. The van der Waals surface area contributed by atoms with Crippen molar-refractivity contribution in [2.24, 2.45) is 0 Å². The highest BCUT2D eigenvalue weighted by atomic mass is 32.2. The minimum absolute atomic E-state index is 0.0668. The molecule has 5 heteroatoms. The van der Waals surface area contributed by atoms with Crippen molar-refractivity contribution in [1.82, 2.24) is 5.32 Å². The molecule has 1 unspecified atom stereocenters. The standard InChI is InChI=1S/C16H17NO3S/c1-3-9-17-14(18)11-20-13-10-15(19)21-16(13,2)12-7-5-4-6-8-12/h3-8,10H,1,9,11H2,2H3,(H,17,18). The molecule has 1 N–H and O–H groups in total. The SMILES string of the molecule is C=CCNC(=O)COC1=CC(=O)SC1(C)c1ccccc1. The molecule has 1 amide bonds. The monoisotopic (exact) mass is 303 g/mol. The Morgan fingerprint density at radius 2 is 2.14 bits per heavy atom. The topological polar surface area (TPSA) is 55.4 Å². The predicted octanol–water partition coefficient (Wildman–Crippen LogP) is 2.38. The second-order valence-corrected chi connectivity index (χ2v) is 6.13. The van der Waals surface area contributed by atoms with Crippen LogP contribution in [0.4, 0.5) is 0 Å². The molecule has 0 radical (unpaired) electrons. The molecule has 0 saturated carbocycles. The van der Waals surface area contributed by atoms with Gasteiger partial charge in [-0.15, -0.1) is 6.58 Å². The molecule has 1 aliphatic rings. The first-order chi connectivity index (χ1) is 10.1. The van der Waals surface area contributed by atoms with Gasteiger partial charge in [-0.2, -0.15) is 0 Å². The van der Waals surface area contributed by atoms with Gasteiger partial charge in [0.05, 0.1) is 0 Å². The van der Waals surface area contributed by atoms with Crippen molar-refractivity contribution in [3.8, 4) is 0 Å². The number of nitrogens with one attached hydrogen (secondary N) is 1. The highest BCUT2D eigenvalue weighted by molar-refractivity contribution is 8.15. The third-order valence-corrected chi connectivity index (χ3v) is 4.32. The summed E-state index contributed by atoms with van der Waals surface area (Å²) in [6.45, 7) is 5.73. The molecule has 0 bridgehead atoms. The lowest BCUT2D eigenvalue weighted by Gasteiger charge is -2.26. The Morgan fingerprint density at radius 1 is 1.43 bits per heavy atom. The molecule has 4 nitrogen and oxygen atoms in total. The molecule has 2 rings (SSSR count). The quantitative estimate of drug-likeness (QED) is 0.820. The number of carbonyl (C=O) groups excluding carboxylic acids is 2. The largest absolute Gasteiger partial charge is 0.486 e. The fourth-order valence-corrected chi connectivity index (χ4v) is 3.08. The van der Waals surface area contributed by atoms with E-state index in [1.54, 1.807) is 6.08 Å². The van der Waals surface area contributed by atoms with E-state index in [0.29, 0.717) is 12.3 Å². The van der Waals surface area contributed by atoms with Gasteiger partial charge in [0.1, 0.15) is 10.5 Å². The maximum absolute atomic E-state index is 11.8. The fourth-order valence-electron chi connectivity index (χ4n) is 2.04. The van der Waals surface area contributed by atoms with E-state index in [-0.39, 0.29) is 17.6 Å². The normalized spacial score (nSPS) is 20.8. The maximum Gasteiger partial charge on any atom is 0.258 e. The predicted molar refractivity (Wildman–Crippen MR) is 83.6 cm³/mol. The van der Waals surface area contributed by atoms with E-state index in [4.69, 9.17) is 4.74 Å². The minimum Gasteiger partial charge on any atom is -0.486 e. The number of hydrogen-bond donors (Lipinski definition) is 1. The van der Waals surface area contributed by atoms with Crippen LogP contribution in [0.3, 0.4) is 0 Å². The van der Waals surface area contributed by atoms with E-state index in [1.807, 2.05) is 37.3 Å². The molecule has 1 aromatic rings. The Kier molecular flexibility index (Phi) is 4.85. The van der Waals surface area contributed by atoms with E-state index in [1.165, 1.54) is 17.8 Å². The zero-order chi connectivity index (χ0) is 15.3. The van der Waals surface area contributed by atoms with Crippen LogP contribution < -0.4 is 5.32 Å². The van der Waals surface area contributed by atoms with E-state index in [0.717, 1.165) is 5.56 Å². The molecule has 1 heterocycles. The fraction of sp³-hybridized carbons (Fsp3) is 0.250. The van der Waals surface area contributed by atoms with Gasteiger partial charge in [0.15, 0.2) is 6.61 Å². The lowest BCUT2D eigenvalue weighted by Crippen LogP contribution is -2.29. The number of benzene rings is 1. The Balaban J connectivity index is 2.10. The van der Waals surface area contributed by atoms with Crippen LogP contribution >= 0.6 is 11.8 Å². The van der Waals surface area contributed by atoms with Crippen LogP contribution in [0, 0.1) is 0 Å². The molecular formula is C16H17NO3S. The molecular weight excluding hydrogens is 286 g/mol. The van der Waals surface area contributed by atoms with Crippen LogP contribution in [0.25, 0.3) is 0 Å². The van der Waals surface area contributed by atoms with Gasteiger partial charge in [0.25, 0.3) is 5.91 Å². The summed E-state index contributed by atoms with van der Waals surface area (Å²) in [6.07, 6.45) is 3.05. The van der Waals surface area contributed by atoms with Crippen molar-refractivity contribution in [3.05, 3.63) is 60.4 Å². The molecule has 1 atom stereocenters. The summed E-state index contributed by atoms with van der Waals surface area (Å²) in [4.78, 5) is 23.3. The van der Waals surface area contributed by atoms with Gasteiger partial charge in [0.2, 0.25) is 5.12 Å². The van der Waals surface area contributed by atoms with E-state index in [2.05, 4.69) is 11.9 Å². The number of hydrogen-bond acceptors (Lipinski definition) is 4. The number of rotatable bonds is 6. The number of carbonyl (C=O) groups is 2. The first kappa shape index (κ1) is 15.4. The third kappa shape index (κ3) is 3.55. The molecule has 0 aromatic heterocycles. The Hall–Kier alpha value is -2.01. The summed E-state index contributed by atoms with van der Waals surface area (Å²) >= 11 is 1.19. The molecule has 21 heavy (non-hydrogen) atoms. The van der Waals surface area contributed by atoms with Crippen LogP contribution in [-0.2, 0) is 19.1 Å². The molecule has 110 valence electrons. The van der Waals surface area contributed by atoms with E-state index in [9.17, 15) is 9.59 Å². The van der Waals surface area contributed by atoms with Gasteiger partial charge in [0, 0.05) is 12.6 Å². The van der Waals surface area contributed by atoms with E-state index < -0.39 is 4.75 Å². The van der Waals surface area contributed by atoms with Crippen LogP contribution in [0.15, 0.2) is 54.8 Å². The van der Waals surface area contributed by atoms with Crippen molar-refractivity contribution >= 4 is 22.8 Å². The number of ether oxygens (including phenoxy) is 1. The molecule has 1 aromatic carbocycles. The lowest BCUT2D eigenvalue weighted by molar-refractivity contribution is -0.124. The van der Waals surface area contributed by atoms with Crippen LogP contribution in [0.2, 0.25) is 0 Å². The molecule has 1 aliphatic heterocycles. The first-order valence-corrected chi connectivity index (χ1v) is 7.39. The van der Waals surface area contributed by atoms with Gasteiger partial charge in [-0.05, 0) is 12.5 Å². The minimum atomic E-state index is -0.586. The van der Waals surface area contributed by atoms with Gasteiger partial charge in [-0.1, -0.05) is 48.2 Å². The molecule has 0 aliphatic carbocycles. The summed E-state index contributed by atoms with van der Waals surface area (Å²) in [5, 5.41) is 2.57. The Bertz CT molecular complexity index is 582.